The van der Waals surface area contributed by atoms with Crippen molar-refractivity contribution in [1.29, 1.82) is 0 Å². The third kappa shape index (κ3) is 2.56. The van der Waals surface area contributed by atoms with E-state index in [1.165, 1.54) is 7.11 Å². The number of methoxy groups -OCH3 is 1. The van der Waals surface area contributed by atoms with Crippen LogP contribution in [0.1, 0.15) is 34.7 Å². The number of carbonyl (C=O) groups excluding carboxylic acids is 2. The predicted molar refractivity (Wildman–Crippen MR) is 72.2 cm³/mol. The van der Waals surface area contributed by atoms with E-state index >= 15 is 0 Å². The highest BCUT2D eigenvalue weighted by molar-refractivity contribution is 9.18. The lowest BCUT2D eigenvalue weighted by Crippen LogP contribution is -2.14. The van der Waals surface area contributed by atoms with Gasteiger partial charge >= 0.3 is 5.97 Å². The summed E-state index contributed by atoms with van der Waals surface area (Å²) in [5.41, 5.74) is 2.32. The number of hydrogen-bond acceptors (Lipinski definition) is 4. The number of anilines is 1. The van der Waals surface area contributed by atoms with E-state index in [2.05, 4.69) is 21.2 Å². The van der Waals surface area contributed by atoms with Crippen LogP contribution in [0, 0.1) is 0 Å². The first kappa shape index (κ1) is 13.1. The van der Waals surface area contributed by atoms with E-state index in [4.69, 9.17) is 4.74 Å². The van der Waals surface area contributed by atoms with Gasteiger partial charge in [-0.2, -0.15) is 0 Å². The summed E-state index contributed by atoms with van der Waals surface area (Å²) in [5, 5.41) is 3.25. The highest BCUT2D eigenvalue weighted by atomic mass is 79.9. The molecule has 0 saturated heterocycles. The Balaban J connectivity index is 2.43. The van der Waals surface area contributed by atoms with Gasteiger partial charge in [0.05, 0.1) is 13.0 Å². The van der Waals surface area contributed by atoms with Gasteiger partial charge in [-0.25, -0.2) is 0 Å². The second-order valence-corrected chi connectivity index (χ2v) is 4.94. The highest BCUT2D eigenvalue weighted by Gasteiger charge is 2.26. The molecule has 1 aliphatic rings. The van der Waals surface area contributed by atoms with E-state index in [9.17, 15) is 9.59 Å². The molecule has 0 radical (unpaired) electrons. The number of hydrogen-bond donors (Lipinski definition) is 1. The van der Waals surface area contributed by atoms with Crippen LogP contribution in [0.4, 0.5) is 5.69 Å². The Labute approximate surface area is 114 Å². The zero-order valence-electron chi connectivity index (χ0n) is 10.0. The first-order valence-electron chi connectivity index (χ1n) is 5.79. The lowest BCUT2D eigenvalue weighted by molar-refractivity contribution is -0.142. The van der Waals surface area contributed by atoms with E-state index in [1.54, 1.807) is 12.1 Å². The summed E-state index contributed by atoms with van der Waals surface area (Å²) in [6.45, 7) is 0.792. The fourth-order valence-electron chi connectivity index (χ4n) is 2.21. The maximum absolute atomic E-state index is 11.8. The van der Waals surface area contributed by atoms with Crippen molar-refractivity contribution in [3.63, 3.8) is 0 Å². The number of nitrogens with one attached hydrogen (secondary N) is 1. The number of ether oxygens (including phenoxy) is 1. The van der Waals surface area contributed by atoms with Crippen LogP contribution in [0.25, 0.3) is 0 Å². The number of rotatable bonds is 2. The summed E-state index contributed by atoms with van der Waals surface area (Å²) >= 11 is 2.93. The molecule has 0 saturated carbocycles. The Morgan fingerprint density at radius 1 is 1.44 bits per heavy atom. The summed E-state index contributed by atoms with van der Waals surface area (Å²) in [7, 11) is 1.40. The fourth-order valence-corrected chi connectivity index (χ4v) is 2.45. The monoisotopic (exact) mass is 311 g/mol. The number of carbonyl (C=O) groups is 2. The van der Waals surface area contributed by atoms with E-state index in [1.807, 2.05) is 6.07 Å². The van der Waals surface area contributed by atoms with Crippen LogP contribution in [0.5, 0.6) is 0 Å². The molecule has 1 heterocycles. The molecule has 0 spiro atoms. The van der Waals surface area contributed by atoms with Gasteiger partial charge in [0.25, 0.3) is 0 Å². The summed E-state index contributed by atoms with van der Waals surface area (Å²) in [5.74, 6) is -0.475. The van der Waals surface area contributed by atoms with Crippen LogP contribution in [0.2, 0.25) is 0 Å². The quantitative estimate of drug-likeness (QED) is 0.674. The lowest BCUT2D eigenvalue weighted by atomic mass is 9.93. The van der Waals surface area contributed by atoms with Crippen molar-refractivity contribution in [2.24, 2.45) is 0 Å². The minimum atomic E-state index is -0.250. The standard InChI is InChI=1S/C13H14BrNO3/c1-18-13(17)10-3-2-6-15-11-7-8(12(14)16)4-5-9(10)11/h4-5,7,10,15H,2-3,6H2,1H3. The Kier molecular flexibility index (Phi) is 4.01. The second-order valence-electron chi connectivity index (χ2n) is 4.22. The maximum atomic E-state index is 11.8. The fraction of sp³-hybridized carbons (Fsp3) is 0.385. The molecule has 1 N–H and O–H groups in total. The van der Waals surface area contributed by atoms with Crippen molar-refractivity contribution in [3.8, 4) is 0 Å². The van der Waals surface area contributed by atoms with Crippen molar-refractivity contribution >= 4 is 32.3 Å². The molecule has 2 rings (SSSR count). The zero-order valence-corrected chi connectivity index (χ0v) is 11.6. The normalized spacial score (nSPS) is 18.2. The van der Waals surface area contributed by atoms with Crippen LogP contribution in [0.15, 0.2) is 18.2 Å². The maximum Gasteiger partial charge on any atom is 0.313 e. The molecule has 18 heavy (non-hydrogen) atoms. The van der Waals surface area contributed by atoms with Gasteiger partial charge in [-0.15, -0.1) is 0 Å². The van der Waals surface area contributed by atoms with E-state index in [0.29, 0.717) is 5.56 Å². The smallest absolute Gasteiger partial charge is 0.313 e. The van der Waals surface area contributed by atoms with Crippen LogP contribution in [0.3, 0.4) is 0 Å². The second kappa shape index (κ2) is 5.52. The Morgan fingerprint density at radius 3 is 2.89 bits per heavy atom. The first-order chi connectivity index (χ1) is 8.63. The van der Waals surface area contributed by atoms with Crippen molar-refractivity contribution < 1.29 is 14.3 Å². The molecule has 4 nitrogen and oxygen atoms in total. The molecule has 0 fully saturated rings. The van der Waals surface area contributed by atoms with Crippen molar-refractivity contribution in [3.05, 3.63) is 29.3 Å². The number of esters is 1. The highest BCUT2D eigenvalue weighted by Crippen LogP contribution is 2.33. The summed E-state index contributed by atoms with van der Waals surface area (Å²) in [4.78, 5) is 23.1. The van der Waals surface area contributed by atoms with Gasteiger partial charge in [0.15, 0.2) is 0 Å². The predicted octanol–water partition coefficient (Wildman–Crippen LogP) is 2.68. The van der Waals surface area contributed by atoms with Crippen molar-refractivity contribution in [2.75, 3.05) is 19.0 Å². The van der Waals surface area contributed by atoms with Crippen LogP contribution in [-0.2, 0) is 9.53 Å². The molecular weight excluding hydrogens is 298 g/mol. The molecule has 1 unspecified atom stereocenters. The lowest BCUT2D eigenvalue weighted by Gasteiger charge is -2.15. The molecule has 1 aromatic rings. The average molecular weight is 312 g/mol. The van der Waals surface area contributed by atoms with Gasteiger partial charge in [0.1, 0.15) is 0 Å². The molecule has 1 atom stereocenters. The molecule has 5 heteroatoms. The Bertz CT molecular complexity index is 487. The van der Waals surface area contributed by atoms with E-state index in [-0.39, 0.29) is 16.6 Å². The van der Waals surface area contributed by atoms with Gasteiger partial charge < -0.3 is 10.1 Å². The molecule has 1 aliphatic heterocycles. The molecule has 0 amide bonds. The van der Waals surface area contributed by atoms with Crippen molar-refractivity contribution in [2.45, 2.75) is 18.8 Å². The number of benzene rings is 1. The molecule has 0 aromatic heterocycles. The van der Waals surface area contributed by atoms with Crippen molar-refractivity contribution in [1.82, 2.24) is 0 Å². The van der Waals surface area contributed by atoms with Crippen LogP contribution < -0.4 is 5.32 Å². The van der Waals surface area contributed by atoms with Gasteiger partial charge in [-0.3, -0.25) is 9.59 Å². The van der Waals surface area contributed by atoms with Crippen LogP contribution >= 0.6 is 15.9 Å². The summed E-state index contributed by atoms with van der Waals surface area (Å²) in [6.07, 6.45) is 1.65. The van der Waals surface area contributed by atoms with Gasteiger partial charge in [-0.1, -0.05) is 12.1 Å². The topological polar surface area (TPSA) is 55.4 Å². The van der Waals surface area contributed by atoms with Gasteiger partial charge in [0.2, 0.25) is 4.69 Å². The number of halogens is 1. The average Bonchev–Trinajstić information content (AvgIpc) is 2.59. The van der Waals surface area contributed by atoms with E-state index in [0.717, 1.165) is 30.6 Å². The first-order valence-corrected chi connectivity index (χ1v) is 6.58. The Morgan fingerprint density at radius 2 is 2.22 bits per heavy atom. The van der Waals surface area contributed by atoms with Gasteiger partial charge in [-0.05, 0) is 40.4 Å². The third-order valence-corrected chi connectivity index (χ3v) is 3.58. The summed E-state index contributed by atoms with van der Waals surface area (Å²) < 4.78 is 4.68. The Hall–Kier alpha value is -1.36. The minimum absolute atomic E-state index is 0.161. The summed E-state index contributed by atoms with van der Waals surface area (Å²) in [6, 6.07) is 5.32. The molecule has 1 aromatic carbocycles. The molecule has 0 bridgehead atoms. The van der Waals surface area contributed by atoms with Crippen LogP contribution in [-0.4, -0.2) is 24.3 Å². The minimum Gasteiger partial charge on any atom is -0.469 e. The SMILES string of the molecule is COC(=O)C1CCCNc2cc(C(=O)Br)ccc21. The molecule has 0 aliphatic carbocycles. The molecular formula is C13H14BrNO3. The third-order valence-electron chi connectivity index (χ3n) is 3.13. The number of fused-ring (bicyclic) bond motifs is 1. The molecule has 96 valence electrons. The van der Waals surface area contributed by atoms with E-state index < -0.39 is 0 Å². The zero-order chi connectivity index (χ0) is 13.1. The van der Waals surface area contributed by atoms with Gasteiger partial charge in [0, 0.05) is 17.8 Å². The largest absolute Gasteiger partial charge is 0.469 e.